The van der Waals surface area contributed by atoms with Crippen molar-refractivity contribution in [2.75, 3.05) is 6.61 Å². The summed E-state index contributed by atoms with van der Waals surface area (Å²) in [6.45, 7) is 5.09. The van der Waals surface area contributed by atoms with Crippen molar-refractivity contribution in [1.82, 2.24) is 9.55 Å². The molecule has 0 aliphatic heterocycles. The predicted molar refractivity (Wildman–Crippen MR) is 83.0 cm³/mol. The largest absolute Gasteiger partial charge is 0.492 e. The zero-order valence-corrected chi connectivity index (χ0v) is 12.8. The molecule has 21 heavy (non-hydrogen) atoms. The molecule has 0 bridgehead atoms. The van der Waals surface area contributed by atoms with Gasteiger partial charge in [0.15, 0.2) is 0 Å². The van der Waals surface area contributed by atoms with E-state index in [1.54, 1.807) is 6.26 Å². The summed E-state index contributed by atoms with van der Waals surface area (Å²) in [7, 11) is 0. The molecule has 3 rings (SSSR count). The fraction of sp³-hybridized carbons (Fsp3) is 0.312. The van der Waals surface area contributed by atoms with Crippen LogP contribution in [0.4, 0.5) is 0 Å². The van der Waals surface area contributed by atoms with Crippen LogP contribution in [0, 0.1) is 0 Å². The first-order valence-electron chi connectivity index (χ1n) is 6.99. The summed E-state index contributed by atoms with van der Waals surface area (Å²) in [5.74, 6) is 2.47. The van der Waals surface area contributed by atoms with E-state index in [9.17, 15) is 0 Å². The minimum absolute atomic E-state index is 0.193. The number of imidazole rings is 1. The van der Waals surface area contributed by atoms with E-state index in [0.717, 1.165) is 28.4 Å². The van der Waals surface area contributed by atoms with Gasteiger partial charge in [0.2, 0.25) is 0 Å². The number of para-hydroxylation sites is 1. The minimum atomic E-state index is -0.193. The average Bonchev–Trinajstić information content (AvgIpc) is 3.09. The van der Waals surface area contributed by atoms with E-state index in [0.29, 0.717) is 13.2 Å². The third kappa shape index (κ3) is 2.63. The van der Waals surface area contributed by atoms with Crippen LogP contribution in [0.5, 0.6) is 5.75 Å². The lowest BCUT2D eigenvalue weighted by atomic mass is 10.3. The van der Waals surface area contributed by atoms with Crippen LogP contribution in [0.1, 0.15) is 30.8 Å². The number of furan rings is 1. The second-order valence-corrected chi connectivity index (χ2v) is 5.46. The first-order valence-corrected chi connectivity index (χ1v) is 7.42. The topological polar surface area (TPSA) is 40.2 Å². The van der Waals surface area contributed by atoms with Crippen molar-refractivity contribution in [3.05, 3.63) is 48.2 Å². The van der Waals surface area contributed by atoms with E-state index in [4.69, 9.17) is 20.8 Å². The molecule has 0 aliphatic carbocycles. The van der Waals surface area contributed by atoms with E-state index in [-0.39, 0.29) is 5.38 Å². The molecule has 0 amide bonds. The summed E-state index contributed by atoms with van der Waals surface area (Å²) in [5, 5.41) is -0.193. The van der Waals surface area contributed by atoms with Crippen molar-refractivity contribution in [1.29, 1.82) is 0 Å². The first-order chi connectivity index (χ1) is 10.2. The number of alkyl halides is 1. The van der Waals surface area contributed by atoms with Gasteiger partial charge in [-0.3, -0.25) is 0 Å². The summed E-state index contributed by atoms with van der Waals surface area (Å²) in [6.07, 6.45) is 1.67. The number of ether oxygens (including phenoxy) is 1. The van der Waals surface area contributed by atoms with Crippen molar-refractivity contribution in [3.63, 3.8) is 0 Å². The highest BCUT2D eigenvalue weighted by atomic mass is 35.5. The molecule has 5 heteroatoms. The van der Waals surface area contributed by atoms with Gasteiger partial charge >= 0.3 is 0 Å². The van der Waals surface area contributed by atoms with Crippen LogP contribution in [-0.4, -0.2) is 16.2 Å². The Morgan fingerprint density at radius 3 is 2.86 bits per heavy atom. The van der Waals surface area contributed by atoms with Gasteiger partial charge in [0.25, 0.3) is 0 Å². The molecule has 110 valence electrons. The highest BCUT2D eigenvalue weighted by molar-refractivity contribution is 6.20. The molecule has 2 heterocycles. The van der Waals surface area contributed by atoms with E-state index in [1.807, 2.05) is 44.2 Å². The quantitative estimate of drug-likeness (QED) is 0.657. The Kier molecular flexibility index (Phi) is 3.88. The van der Waals surface area contributed by atoms with Gasteiger partial charge in [-0.05, 0) is 38.1 Å². The van der Waals surface area contributed by atoms with E-state index < -0.39 is 0 Å². The maximum absolute atomic E-state index is 6.29. The van der Waals surface area contributed by atoms with Gasteiger partial charge in [-0.2, -0.15) is 0 Å². The molecule has 0 aliphatic rings. The number of fused-ring (bicyclic) bond motifs is 1. The Morgan fingerprint density at radius 2 is 2.19 bits per heavy atom. The van der Waals surface area contributed by atoms with Crippen LogP contribution < -0.4 is 4.74 Å². The molecule has 0 saturated heterocycles. The monoisotopic (exact) mass is 304 g/mol. The molecule has 0 radical (unpaired) electrons. The minimum Gasteiger partial charge on any atom is -0.492 e. The number of rotatable bonds is 5. The number of hydrogen-bond donors (Lipinski definition) is 0. The summed E-state index contributed by atoms with van der Waals surface area (Å²) in [6, 6.07) is 9.75. The second kappa shape index (κ2) is 5.82. The molecule has 4 nitrogen and oxygen atoms in total. The molecular formula is C16H17ClN2O2. The lowest BCUT2D eigenvalue weighted by Crippen LogP contribution is -2.05. The van der Waals surface area contributed by atoms with Gasteiger partial charge in [-0.15, -0.1) is 11.6 Å². The summed E-state index contributed by atoms with van der Waals surface area (Å²) in [5.41, 5.74) is 1.84. The van der Waals surface area contributed by atoms with E-state index in [1.165, 1.54) is 0 Å². The molecule has 0 fully saturated rings. The summed E-state index contributed by atoms with van der Waals surface area (Å²) >= 11 is 6.29. The fourth-order valence-electron chi connectivity index (χ4n) is 2.44. The lowest BCUT2D eigenvalue weighted by Gasteiger charge is -2.09. The molecular weight excluding hydrogens is 288 g/mol. The summed E-state index contributed by atoms with van der Waals surface area (Å²) < 4.78 is 13.2. The third-order valence-electron chi connectivity index (χ3n) is 3.32. The van der Waals surface area contributed by atoms with Crippen LogP contribution in [0.15, 0.2) is 41.0 Å². The molecule has 0 saturated carbocycles. The highest BCUT2D eigenvalue weighted by Crippen LogP contribution is 2.30. The maximum Gasteiger partial charge on any atom is 0.147 e. The number of aromatic nitrogens is 2. The van der Waals surface area contributed by atoms with Gasteiger partial charge < -0.3 is 13.7 Å². The number of halogens is 1. The van der Waals surface area contributed by atoms with Crippen LogP contribution in [-0.2, 0) is 6.54 Å². The summed E-state index contributed by atoms with van der Waals surface area (Å²) in [4.78, 5) is 4.68. The van der Waals surface area contributed by atoms with Gasteiger partial charge in [-0.25, -0.2) is 4.98 Å². The van der Waals surface area contributed by atoms with Crippen LogP contribution in [0.25, 0.3) is 11.0 Å². The highest BCUT2D eigenvalue weighted by Gasteiger charge is 2.18. The Hall–Kier alpha value is -1.94. The molecule has 0 N–H and O–H groups in total. The predicted octanol–water partition coefficient (Wildman–Crippen LogP) is 4.38. The molecule has 2 aromatic heterocycles. The van der Waals surface area contributed by atoms with Gasteiger partial charge in [0.05, 0.1) is 30.3 Å². The molecule has 1 atom stereocenters. The molecule has 1 aromatic carbocycles. The Balaban J connectivity index is 2.15. The van der Waals surface area contributed by atoms with Gasteiger partial charge in [0, 0.05) is 0 Å². The molecule has 3 aromatic rings. The maximum atomic E-state index is 6.29. The standard InChI is InChI=1S/C16H17ClN2O2/c1-3-20-14-8-4-7-13-15(14)18-16(11(2)17)19(13)10-12-6-5-9-21-12/h4-9,11H,3,10H2,1-2H3. The number of nitrogens with zero attached hydrogens (tertiary/aromatic N) is 2. The normalized spacial score (nSPS) is 12.7. The SMILES string of the molecule is CCOc1cccc2c1nc(C(C)Cl)n2Cc1ccco1. The van der Waals surface area contributed by atoms with Crippen molar-refractivity contribution >= 4 is 22.6 Å². The Morgan fingerprint density at radius 1 is 1.33 bits per heavy atom. The average molecular weight is 305 g/mol. The van der Waals surface area contributed by atoms with Crippen LogP contribution in [0.3, 0.4) is 0 Å². The smallest absolute Gasteiger partial charge is 0.147 e. The molecule has 0 spiro atoms. The number of hydrogen-bond acceptors (Lipinski definition) is 3. The fourth-order valence-corrected chi connectivity index (χ4v) is 2.61. The van der Waals surface area contributed by atoms with Crippen LogP contribution in [0.2, 0.25) is 0 Å². The van der Waals surface area contributed by atoms with Crippen molar-refractivity contribution in [2.24, 2.45) is 0 Å². The Bertz CT molecular complexity index is 732. The number of benzene rings is 1. The van der Waals surface area contributed by atoms with Crippen LogP contribution >= 0.6 is 11.6 Å². The lowest BCUT2D eigenvalue weighted by molar-refractivity contribution is 0.343. The van der Waals surface area contributed by atoms with Crippen molar-refractivity contribution < 1.29 is 9.15 Å². The third-order valence-corrected chi connectivity index (χ3v) is 3.52. The van der Waals surface area contributed by atoms with E-state index in [2.05, 4.69) is 9.55 Å². The van der Waals surface area contributed by atoms with E-state index >= 15 is 0 Å². The molecule has 1 unspecified atom stereocenters. The van der Waals surface area contributed by atoms with Crippen molar-refractivity contribution in [3.8, 4) is 5.75 Å². The van der Waals surface area contributed by atoms with Gasteiger partial charge in [-0.1, -0.05) is 6.07 Å². The second-order valence-electron chi connectivity index (χ2n) is 4.81. The Labute approximate surface area is 128 Å². The van der Waals surface area contributed by atoms with Gasteiger partial charge in [0.1, 0.15) is 22.9 Å². The zero-order chi connectivity index (χ0) is 14.8. The zero-order valence-electron chi connectivity index (χ0n) is 12.0. The first kappa shape index (κ1) is 14.0. The van der Waals surface area contributed by atoms with Crippen molar-refractivity contribution in [2.45, 2.75) is 25.8 Å².